The number of nitrogens with zero attached hydrogens (tertiary/aromatic N) is 2. The highest BCUT2D eigenvalue weighted by Gasteiger charge is 2.11. The summed E-state index contributed by atoms with van der Waals surface area (Å²) in [7, 11) is 0. The zero-order valence-electron chi connectivity index (χ0n) is 14.7. The predicted molar refractivity (Wildman–Crippen MR) is 102 cm³/mol. The SMILES string of the molecule is CC(C)c1cccc(NC(=O)CCc2nc(-c3ccc(Cl)cc3)no2)c1. The maximum Gasteiger partial charge on any atom is 0.227 e. The summed E-state index contributed by atoms with van der Waals surface area (Å²) < 4.78 is 5.23. The quantitative estimate of drug-likeness (QED) is 0.657. The standard InChI is InChI=1S/C20H20ClN3O2/c1-13(2)15-4-3-5-17(12-15)22-18(25)10-11-19-23-20(24-26-19)14-6-8-16(21)9-7-14/h3-9,12-13H,10-11H2,1-2H3,(H,22,25). The number of rotatable bonds is 6. The normalized spacial score (nSPS) is 10.9. The maximum atomic E-state index is 12.2. The number of carbonyl (C=O) groups is 1. The van der Waals surface area contributed by atoms with Gasteiger partial charge in [-0.2, -0.15) is 4.98 Å². The average Bonchev–Trinajstić information content (AvgIpc) is 3.10. The van der Waals surface area contributed by atoms with Crippen LogP contribution >= 0.6 is 11.6 Å². The predicted octanol–water partition coefficient (Wildman–Crippen LogP) is 5.08. The van der Waals surface area contributed by atoms with Crippen LogP contribution in [0.2, 0.25) is 5.02 Å². The third-order valence-electron chi connectivity index (χ3n) is 3.97. The van der Waals surface area contributed by atoms with E-state index < -0.39 is 0 Å². The van der Waals surface area contributed by atoms with Gasteiger partial charge in [-0.1, -0.05) is 42.7 Å². The monoisotopic (exact) mass is 369 g/mol. The molecule has 1 N–H and O–H groups in total. The topological polar surface area (TPSA) is 68.0 Å². The molecule has 0 saturated heterocycles. The highest BCUT2D eigenvalue weighted by molar-refractivity contribution is 6.30. The van der Waals surface area contributed by atoms with E-state index in [0.29, 0.717) is 29.1 Å². The third kappa shape index (κ3) is 4.70. The van der Waals surface area contributed by atoms with Crippen LogP contribution in [0.25, 0.3) is 11.4 Å². The molecular formula is C20H20ClN3O2. The summed E-state index contributed by atoms with van der Waals surface area (Å²) >= 11 is 5.87. The van der Waals surface area contributed by atoms with E-state index in [-0.39, 0.29) is 12.3 Å². The van der Waals surface area contributed by atoms with E-state index in [2.05, 4.69) is 35.4 Å². The van der Waals surface area contributed by atoms with Gasteiger partial charge in [0, 0.05) is 29.1 Å². The van der Waals surface area contributed by atoms with Crippen molar-refractivity contribution >= 4 is 23.2 Å². The number of benzene rings is 2. The number of aryl methyl sites for hydroxylation is 1. The zero-order chi connectivity index (χ0) is 18.5. The van der Waals surface area contributed by atoms with E-state index >= 15 is 0 Å². The molecule has 134 valence electrons. The molecule has 3 aromatic rings. The lowest BCUT2D eigenvalue weighted by atomic mass is 10.0. The Hall–Kier alpha value is -2.66. The number of anilines is 1. The molecule has 0 bridgehead atoms. The van der Waals surface area contributed by atoms with Gasteiger partial charge in [-0.3, -0.25) is 4.79 Å². The van der Waals surface area contributed by atoms with Gasteiger partial charge in [0.15, 0.2) is 0 Å². The molecule has 1 aromatic heterocycles. The Kier molecular flexibility index (Phi) is 5.68. The van der Waals surface area contributed by atoms with Crippen LogP contribution in [0, 0.1) is 0 Å². The molecule has 26 heavy (non-hydrogen) atoms. The maximum absolute atomic E-state index is 12.2. The fourth-order valence-corrected chi connectivity index (χ4v) is 2.62. The number of carbonyl (C=O) groups excluding carboxylic acids is 1. The Morgan fingerprint density at radius 2 is 1.96 bits per heavy atom. The van der Waals surface area contributed by atoms with Crippen LogP contribution in [0.4, 0.5) is 5.69 Å². The van der Waals surface area contributed by atoms with Crippen LogP contribution in [0.3, 0.4) is 0 Å². The summed E-state index contributed by atoms with van der Waals surface area (Å²) in [4.78, 5) is 16.5. The number of hydrogen-bond donors (Lipinski definition) is 1. The lowest BCUT2D eigenvalue weighted by molar-refractivity contribution is -0.116. The fourth-order valence-electron chi connectivity index (χ4n) is 2.49. The van der Waals surface area contributed by atoms with Gasteiger partial charge < -0.3 is 9.84 Å². The second-order valence-corrected chi connectivity index (χ2v) is 6.78. The third-order valence-corrected chi connectivity index (χ3v) is 4.23. The average molecular weight is 370 g/mol. The van der Waals surface area contributed by atoms with Gasteiger partial charge in [-0.25, -0.2) is 0 Å². The highest BCUT2D eigenvalue weighted by Crippen LogP contribution is 2.20. The van der Waals surface area contributed by atoms with Gasteiger partial charge in [0.25, 0.3) is 0 Å². The van der Waals surface area contributed by atoms with Gasteiger partial charge in [-0.05, 0) is 47.9 Å². The summed E-state index contributed by atoms with van der Waals surface area (Å²) in [5, 5.41) is 7.51. The lowest BCUT2D eigenvalue weighted by Gasteiger charge is -2.09. The van der Waals surface area contributed by atoms with E-state index in [1.807, 2.05) is 30.3 Å². The first-order valence-corrected chi connectivity index (χ1v) is 8.87. The van der Waals surface area contributed by atoms with Crippen LogP contribution < -0.4 is 5.32 Å². The molecule has 0 spiro atoms. The molecule has 0 fully saturated rings. The van der Waals surface area contributed by atoms with Crippen molar-refractivity contribution in [2.24, 2.45) is 0 Å². The summed E-state index contributed by atoms with van der Waals surface area (Å²) in [5.41, 5.74) is 2.81. The molecule has 2 aromatic carbocycles. The van der Waals surface area contributed by atoms with Crippen molar-refractivity contribution in [1.29, 1.82) is 0 Å². The Morgan fingerprint density at radius 3 is 2.69 bits per heavy atom. The van der Waals surface area contributed by atoms with Crippen LogP contribution in [0.1, 0.15) is 37.6 Å². The van der Waals surface area contributed by atoms with Crippen LogP contribution in [0.15, 0.2) is 53.1 Å². The lowest BCUT2D eigenvalue weighted by Crippen LogP contribution is -2.12. The number of hydrogen-bond acceptors (Lipinski definition) is 4. The summed E-state index contributed by atoms with van der Waals surface area (Å²) in [6.07, 6.45) is 0.657. The Morgan fingerprint density at radius 1 is 1.19 bits per heavy atom. The van der Waals surface area contributed by atoms with Gasteiger partial charge in [0.2, 0.25) is 17.6 Å². The van der Waals surface area contributed by atoms with Crippen molar-refractivity contribution < 1.29 is 9.32 Å². The molecule has 6 heteroatoms. The van der Waals surface area contributed by atoms with Crippen LogP contribution in [0.5, 0.6) is 0 Å². The number of amides is 1. The number of nitrogens with one attached hydrogen (secondary N) is 1. The first kappa shape index (κ1) is 18.1. The van der Waals surface area contributed by atoms with Gasteiger partial charge in [-0.15, -0.1) is 0 Å². The van der Waals surface area contributed by atoms with E-state index in [0.717, 1.165) is 11.3 Å². The molecule has 0 unspecified atom stereocenters. The first-order chi connectivity index (χ1) is 12.5. The fraction of sp³-hybridized carbons (Fsp3) is 0.250. The molecule has 0 aliphatic heterocycles. The van der Waals surface area contributed by atoms with Gasteiger partial charge in [0.05, 0.1) is 0 Å². The molecule has 5 nitrogen and oxygen atoms in total. The molecule has 0 aliphatic rings. The Bertz CT molecular complexity index is 888. The van der Waals surface area contributed by atoms with Crippen LogP contribution in [-0.4, -0.2) is 16.0 Å². The molecule has 1 amide bonds. The second kappa shape index (κ2) is 8.15. The molecular weight excluding hydrogens is 350 g/mol. The minimum Gasteiger partial charge on any atom is -0.339 e. The molecule has 0 atom stereocenters. The summed E-state index contributed by atoms with van der Waals surface area (Å²) in [6.45, 7) is 4.24. The number of aromatic nitrogens is 2. The summed E-state index contributed by atoms with van der Waals surface area (Å²) in [6, 6.07) is 15.1. The Labute approximate surface area is 157 Å². The van der Waals surface area contributed by atoms with Crippen molar-refractivity contribution in [3.05, 3.63) is 65.0 Å². The Balaban J connectivity index is 1.56. The van der Waals surface area contributed by atoms with E-state index in [1.54, 1.807) is 12.1 Å². The van der Waals surface area contributed by atoms with Crippen molar-refractivity contribution in [2.45, 2.75) is 32.6 Å². The largest absolute Gasteiger partial charge is 0.339 e. The minimum atomic E-state index is -0.0860. The highest BCUT2D eigenvalue weighted by atomic mass is 35.5. The molecule has 3 rings (SSSR count). The molecule has 1 heterocycles. The second-order valence-electron chi connectivity index (χ2n) is 6.35. The molecule has 0 aliphatic carbocycles. The summed E-state index contributed by atoms with van der Waals surface area (Å²) in [5.74, 6) is 1.25. The first-order valence-electron chi connectivity index (χ1n) is 8.49. The van der Waals surface area contributed by atoms with E-state index in [1.165, 1.54) is 5.56 Å². The van der Waals surface area contributed by atoms with Crippen molar-refractivity contribution in [1.82, 2.24) is 10.1 Å². The number of halogens is 1. The van der Waals surface area contributed by atoms with Gasteiger partial charge >= 0.3 is 0 Å². The smallest absolute Gasteiger partial charge is 0.227 e. The van der Waals surface area contributed by atoms with E-state index in [4.69, 9.17) is 16.1 Å². The molecule has 0 saturated carbocycles. The van der Waals surface area contributed by atoms with E-state index in [9.17, 15) is 4.79 Å². The van der Waals surface area contributed by atoms with Gasteiger partial charge in [0.1, 0.15) is 0 Å². The van der Waals surface area contributed by atoms with Crippen molar-refractivity contribution in [2.75, 3.05) is 5.32 Å². The van der Waals surface area contributed by atoms with Crippen LogP contribution in [-0.2, 0) is 11.2 Å². The van der Waals surface area contributed by atoms with Crippen molar-refractivity contribution in [3.63, 3.8) is 0 Å². The minimum absolute atomic E-state index is 0.0860. The zero-order valence-corrected chi connectivity index (χ0v) is 15.5. The molecule has 0 radical (unpaired) electrons. The van der Waals surface area contributed by atoms with Crippen molar-refractivity contribution in [3.8, 4) is 11.4 Å².